The van der Waals surface area contributed by atoms with Crippen molar-refractivity contribution in [3.63, 3.8) is 0 Å². The summed E-state index contributed by atoms with van der Waals surface area (Å²) in [6.45, 7) is 3.85. The van der Waals surface area contributed by atoms with E-state index < -0.39 is 5.41 Å². The van der Waals surface area contributed by atoms with Gasteiger partial charge >= 0.3 is 0 Å². The van der Waals surface area contributed by atoms with Gasteiger partial charge in [0.05, 0.1) is 5.41 Å². The van der Waals surface area contributed by atoms with Crippen molar-refractivity contribution in [2.24, 2.45) is 0 Å². The molecule has 25 heavy (non-hydrogen) atoms. The second-order valence-electron chi connectivity index (χ2n) is 6.54. The summed E-state index contributed by atoms with van der Waals surface area (Å²) in [5, 5.41) is 3.74. The quantitative estimate of drug-likeness (QED) is 0.759. The van der Waals surface area contributed by atoms with E-state index in [0.29, 0.717) is 22.7 Å². The molecule has 1 aliphatic rings. The van der Waals surface area contributed by atoms with Gasteiger partial charge in [-0.3, -0.25) is 4.79 Å². The molecule has 2 aromatic carbocycles. The minimum atomic E-state index is -0.813. The van der Waals surface area contributed by atoms with Crippen LogP contribution in [0.3, 0.4) is 0 Å². The summed E-state index contributed by atoms with van der Waals surface area (Å²) in [6, 6.07) is 9.77. The van der Waals surface area contributed by atoms with Crippen LogP contribution in [0, 0.1) is 5.82 Å². The number of benzene rings is 2. The fraction of sp³-hybridized carbons (Fsp3) is 0.211. The number of halogens is 1. The second-order valence-corrected chi connectivity index (χ2v) is 6.54. The van der Waals surface area contributed by atoms with Crippen LogP contribution in [0.1, 0.15) is 19.4 Å². The van der Waals surface area contributed by atoms with Gasteiger partial charge in [0.15, 0.2) is 11.5 Å². The average Bonchev–Trinajstić information content (AvgIpc) is 3.20. The highest BCUT2D eigenvalue weighted by molar-refractivity contribution is 6.02. The van der Waals surface area contributed by atoms with Gasteiger partial charge < -0.3 is 19.8 Å². The first-order valence-corrected chi connectivity index (χ1v) is 7.93. The number of H-pyrrole nitrogens is 1. The Kier molecular flexibility index (Phi) is 3.42. The first-order valence-electron chi connectivity index (χ1n) is 7.93. The third-order valence-electron chi connectivity index (χ3n) is 4.52. The first kappa shape index (κ1) is 15.5. The third-order valence-corrected chi connectivity index (χ3v) is 4.52. The number of anilines is 1. The van der Waals surface area contributed by atoms with E-state index in [9.17, 15) is 9.18 Å². The zero-order chi connectivity index (χ0) is 17.6. The van der Waals surface area contributed by atoms with E-state index in [-0.39, 0.29) is 18.5 Å². The van der Waals surface area contributed by atoms with E-state index in [1.54, 1.807) is 30.5 Å². The SMILES string of the molecule is CC(C)(C(=O)Nc1ccc2c(c1)OCO2)c1c[nH]c2cc(F)ccc12. The van der Waals surface area contributed by atoms with Gasteiger partial charge in [-0.1, -0.05) is 0 Å². The van der Waals surface area contributed by atoms with Crippen LogP contribution in [0.5, 0.6) is 11.5 Å². The molecule has 0 fully saturated rings. The van der Waals surface area contributed by atoms with Gasteiger partial charge in [-0.2, -0.15) is 0 Å². The number of carbonyl (C=O) groups is 1. The van der Waals surface area contributed by atoms with Crippen LogP contribution in [-0.2, 0) is 10.2 Å². The molecule has 3 aromatic rings. The molecule has 4 rings (SSSR count). The Hall–Kier alpha value is -3.02. The molecule has 1 aromatic heterocycles. The first-order chi connectivity index (χ1) is 11.9. The van der Waals surface area contributed by atoms with Gasteiger partial charge in [0, 0.05) is 28.9 Å². The molecule has 0 atom stereocenters. The van der Waals surface area contributed by atoms with Gasteiger partial charge in [-0.05, 0) is 49.7 Å². The van der Waals surface area contributed by atoms with Crippen LogP contribution >= 0.6 is 0 Å². The van der Waals surface area contributed by atoms with Crippen LogP contribution in [0.4, 0.5) is 10.1 Å². The largest absolute Gasteiger partial charge is 0.454 e. The number of carbonyl (C=O) groups excluding carboxylic acids is 1. The van der Waals surface area contributed by atoms with Gasteiger partial charge in [-0.15, -0.1) is 0 Å². The van der Waals surface area contributed by atoms with Gasteiger partial charge in [0.2, 0.25) is 12.7 Å². The van der Waals surface area contributed by atoms with E-state index in [0.717, 1.165) is 10.9 Å². The molecule has 0 radical (unpaired) electrons. The molecule has 2 N–H and O–H groups in total. The van der Waals surface area contributed by atoms with Crippen LogP contribution in [-0.4, -0.2) is 17.7 Å². The summed E-state index contributed by atoms with van der Waals surface area (Å²) in [7, 11) is 0. The molecule has 128 valence electrons. The minimum absolute atomic E-state index is 0.170. The smallest absolute Gasteiger partial charge is 0.234 e. The second kappa shape index (κ2) is 5.51. The Bertz CT molecular complexity index is 978. The van der Waals surface area contributed by atoms with Gasteiger partial charge in [0.1, 0.15) is 5.82 Å². The number of aromatic amines is 1. The van der Waals surface area contributed by atoms with Gasteiger partial charge in [0.25, 0.3) is 0 Å². The molecule has 5 nitrogen and oxygen atoms in total. The number of hydrogen-bond acceptors (Lipinski definition) is 3. The molecule has 0 saturated heterocycles. The molecule has 0 saturated carbocycles. The Morgan fingerprint density at radius 1 is 1.16 bits per heavy atom. The van der Waals surface area contributed by atoms with E-state index in [2.05, 4.69) is 10.3 Å². The fourth-order valence-electron chi connectivity index (χ4n) is 3.00. The summed E-state index contributed by atoms with van der Waals surface area (Å²) < 4.78 is 24.0. The van der Waals surface area contributed by atoms with E-state index in [1.807, 2.05) is 13.8 Å². The highest BCUT2D eigenvalue weighted by atomic mass is 19.1. The van der Waals surface area contributed by atoms with Crippen molar-refractivity contribution in [1.82, 2.24) is 4.98 Å². The highest BCUT2D eigenvalue weighted by Gasteiger charge is 2.32. The molecule has 2 heterocycles. The number of amides is 1. The summed E-state index contributed by atoms with van der Waals surface area (Å²) in [5.41, 5.74) is 1.29. The van der Waals surface area contributed by atoms with Crippen molar-refractivity contribution in [3.8, 4) is 11.5 Å². The van der Waals surface area contributed by atoms with Crippen molar-refractivity contribution in [2.75, 3.05) is 12.1 Å². The number of hydrogen-bond donors (Lipinski definition) is 2. The lowest BCUT2D eigenvalue weighted by molar-refractivity contribution is -0.120. The van der Waals surface area contributed by atoms with Crippen LogP contribution in [0.15, 0.2) is 42.6 Å². The molecule has 6 heteroatoms. The van der Waals surface area contributed by atoms with Crippen molar-refractivity contribution >= 4 is 22.5 Å². The number of ether oxygens (including phenoxy) is 2. The minimum Gasteiger partial charge on any atom is -0.454 e. The summed E-state index contributed by atoms with van der Waals surface area (Å²) in [5.74, 6) is 0.786. The third kappa shape index (κ3) is 2.59. The van der Waals surface area contributed by atoms with Crippen LogP contribution < -0.4 is 14.8 Å². The number of fused-ring (bicyclic) bond motifs is 2. The lowest BCUT2D eigenvalue weighted by Crippen LogP contribution is -2.34. The molecule has 1 amide bonds. The predicted molar refractivity (Wildman–Crippen MR) is 92.5 cm³/mol. The molecule has 0 bridgehead atoms. The van der Waals surface area contributed by atoms with Crippen molar-refractivity contribution in [3.05, 3.63) is 54.0 Å². The zero-order valence-electron chi connectivity index (χ0n) is 13.9. The highest BCUT2D eigenvalue weighted by Crippen LogP contribution is 2.36. The maximum Gasteiger partial charge on any atom is 0.234 e. The predicted octanol–water partition coefficient (Wildman–Crippen LogP) is 3.95. The van der Waals surface area contributed by atoms with E-state index >= 15 is 0 Å². The summed E-state index contributed by atoms with van der Waals surface area (Å²) in [4.78, 5) is 15.9. The Morgan fingerprint density at radius 3 is 2.80 bits per heavy atom. The maximum atomic E-state index is 13.4. The summed E-state index contributed by atoms with van der Waals surface area (Å²) in [6.07, 6.45) is 1.75. The standard InChI is InChI=1S/C19H17FN2O3/c1-19(2,14-9-21-15-7-11(20)3-5-13(14)15)18(23)22-12-4-6-16-17(8-12)25-10-24-16/h3-9,21H,10H2,1-2H3,(H,22,23). The molecular formula is C19H17FN2O3. The van der Waals surface area contributed by atoms with E-state index in [4.69, 9.17) is 9.47 Å². The van der Waals surface area contributed by atoms with Crippen molar-refractivity contribution in [1.29, 1.82) is 0 Å². The number of aromatic nitrogens is 1. The summed E-state index contributed by atoms with van der Waals surface area (Å²) >= 11 is 0. The number of nitrogens with one attached hydrogen (secondary N) is 2. The Labute approximate surface area is 143 Å². The number of rotatable bonds is 3. The van der Waals surface area contributed by atoms with Gasteiger partial charge in [-0.25, -0.2) is 4.39 Å². The van der Waals surface area contributed by atoms with Crippen molar-refractivity contribution in [2.45, 2.75) is 19.3 Å². The fourth-order valence-corrected chi connectivity index (χ4v) is 3.00. The average molecular weight is 340 g/mol. The Balaban J connectivity index is 1.63. The molecule has 1 aliphatic heterocycles. The Morgan fingerprint density at radius 2 is 1.96 bits per heavy atom. The monoisotopic (exact) mass is 340 g/mol. The maximum absolute atomic E-state index is 13.4. The zero-order valence-corrected chi connectivity index (χ0v) is 13.9. The molecule has 0 aliphatic carbocycles. The topological polar surface area (TPSA) is 63.4 Å². The normalized spacial score (nSPS) is 13.2. The van der Waals surface area contributed by atoms with Crippen LogP contribution in [0.2, 0.25) is 0 Å². The lowest BCUT2D eigenvalue weighted by atomic mass is 9.83. The van der Waals surface area contributed by atoms with E-state index in [1.165, 1.54) is 12.1 Å². The molecule has 0 unspecified atom stereocenters. The molecular weight excluding hydrogens is 323 g/mol. The van der Waals surface area contributed by atoms with Crippen molar-refractivity contribution < 1.29 is 18.7 Å². The van der Waals surface area contributed by atoms with Crippen LogP contribution in [0.25, 0.3) is 10.9 Å². The molecule has 0 spiro atoms. The lowest BCUT2D eigenvalue weighted by Gasteiger charge is -2.23.